The van der Waals surface area contributed by atoms with Crippen LogP contribution < -0.4 is 5.32 Å². The maximum Gasteiger partial charge on any atom is 0.322 e. The fraction of sp³-hybridized carbons (Fsp3) is 0.333. The van der Waals surface area contributed by atoms with Crippen LogP contribution in [0.4, 0.5) is 0 Å². The highest BCUT2D eigenvalue weighted by atomic mass is 79.9. The van der Waals surface area contributed by atoms with Crippen LogP contribution in [0.1, 0.15) is 29.8 Å². The van der Waals surface area contributed by atoms with Gasteiger partial charge in [-0.05, 0) is 37.6 Å². The second kappa shape index (κ2) is 5.64. The van der Waals surface area contributed by atoms with Gasteiger partial charge in [0.15, 0.2) is 17.5 Å². The number of carbonyl (C=O) groups is 4. The van der Waals surface area contributed by atoms with Gasteiger partial charge in [0.2, 0.25) is 5.91 Å². The predicted molar refractivity (Wildman–Crippen MR) is 80.6 cm³/mol. The first-order valence-corrected chi connectivity index (χ1v) is 7.33. The number of Topliss-reactive ketones (excluding diaryl/α,β-unsaturated/α-hetero) is 2. The normalized spacial score (nSPS) is 19.5. The third-order valence-electron chi connectivity index (χ3n) is 3.74. The first-order chi connectivity index (χ1) is 10.2. The molecule has 7 heteroatoms. The molecule has 1 aromatic rings. The minimum Gasteiger partial charge on any atom is -0.480 e. The van der Waals surface area contributed by atoms with Gasteiger partial charge in [-0.2, -0.15) is 0 Å². The van der Waals surface area contributed by atoms with Crippen molar-refractivity contribution < 1.29 is 24.3 Å². The van der Waals surface area contributed by atoms with Gasteiger partial charge in [0.25, 0.3) is 0 Å². The highest BCUT2D eigenvalue weighted by Gasteiger charge is 2.49. The Morgan fingerprint density at radius 1 is 1.32 bits per heavy atom. The second-order valence-electron chi connectivity index (χ2n) is 5.59. The highest BCUT2D eigenvalue weighted by molar-refractivity contribution is 9.10. The van der Waals surface area contributed by atoms with E-state index < -0.39 is 41.3 Å². The summed E-state index contributed by atoms with van der Waals surface area (Å²) in [5, 5.41) is 10.7. The molecule has 1 aliphatic rings. The van der Waals surface area contributed by atoms with Crippen molar-refractivity contribution in [3.05, 3.63) is 33.8 Å². The zero-order chi connectivity index (χ0) is 16.7. The molecular formula is C15H14BrNO5. The minimum atomic E-state index is -1.51. The summed E-state index contributed by atoms with van der Waals surface area (Å²) in [5.41, 5.74) is -0.152. The molecule has 0 saturated carbocycles. The Morgan fingerprint density at radius 3 is 2.55 bits per heavy atom. The Labute approximate surface area is 135 Å². The molecule has 0 aliphatic heterocycles. The van der Waals surface area contributed by atoms with Crippen LogP contribution in [0, 0.1) is 5.92 Å². The summed E-state index contributed by atoms with van der Waals surface area (Å²) in [6.45, 7) is 2.65. The largest absolute Gasteiger partial charge is 0.480 e. The molecule has 0 fully saturated rings. The Kier molecular flexibility index (Phi) is 4.19. The van der Waals surface area contributed by atoms with Crippen molar-refractivity contribution in [2.45, 2.75) is 19.3 Å². The van der Waals surface area contributed by atoms with Crippen LogP contribution in [0.3, 0.4) is 0 Å². The Balaban J connectivity index is 2.46. The van der Waals surface area contributed by atoms with Gasteiger partial charge in [0.05, 0.1) is 5.41 Å². The number of hydrogen-bond acceptors (Lipinski definition) is 4. The number of benzene rings is 1. The van der Waals surface area contributed by atoms with Crippen LogP contribution in [0.15, 0.2) is 22.7 Å². The Bertz CT molecular complexity index is 695. The zero-order valence-electron chi connectivity index (χ0n) is 12.0. The number of amides is 1. The van der Waals surface area contributed by atoms with Crippen LogP contribution in [-0.4, -0.2) is 35.1 Å². The van der Waals surface area contributed by atoms with Crippen LogP contribution >= 0.6 is 15.9 Å². The summed E-state index contributed by atoms with van der Waals surface area (Å²) in [5.74, 6) is -4.77. The fourth-order valence-electron chi connectivity index (χ4n) is 2.52. The molecule has 0 bridgehead atoms. The van der Waals surface area contributed by atoms with Gasteiger partial charge < -0.3 is 10.4 Å². The molecule has 2 rings (SSSR count). The summed E-state index contributed by atoms with van der Waals surface area (Å²) in [4.78, 5) is 47.6. The maximum atomic E-state index is 12.6. The van der Waals surface area contributed by atoms with Gasteiger partial charge in [0.1, 0.15) is 6.54 Å². The van der Waals surface area contributed by atoms with Gasteiger partial charge in [-0.25, -0.2) is 0 Å². The van der Waals surface area contributed by atoms with Crippen molar-refractivity contribution in [2.24, 2.45) is 5.92 Å². The molecule has 0 heterocycles. The lowest BCUT2D eigenvalue weighted by molar-refractivity contribution is -0.140. The molecule has 1 aromatic carbocycles. The maximum absolute atomic E-state index is 12.6. The predicted octanol–water partition coefficient (Wildman–Crippen LogP) is 1.31. The summed E-state index contributed by atoms with van der Waals surface area (Å²) >= 11 is 3.30. The molecule has 116 valence electrons. The number of aliphatic carboxylic acids is 1. The first-order valence-electron chi connectivity index (χ1n) is 6.54. The topological polar surface area (TPSA) is 101 Å². The zero-order valence-corrected chi connectivity index (χ0v) is 13.6. The van der Waals surface area contributed by atoms with Gasteiger partial charge in [-0.3, -0.25) is 19.2 Å². The van der Waals surface area contributed by atoms with Crippen molar-refractivity contribution >= 4 is 39.4 Å². The minimum absolute atomic E-state index is 0.309. The van der Waals surface area contributed by atoms with E-state index in [1.807, 2.05) is 0 Å². The number of ketones is 2. The molecule has 6 nitrogen and oxygen atoms in total. The highest BCUT2D eigenvalue weighted by Crippen LogP contribution is 2.38. The van der Waals surface area contributed by atoms with Gasteiger partial charge in [0, 0.05) is 10.0 Å². The number of rotatable bonds is 3. The quantitative estimate of drug-likeness (QED) is 0.784. The van der Waals surface area contributed by atoms with Gasteiger partial charge in [-0.15, -0.1) is 0 Å². The van der Waals surface area contributed by atoms with E-state index in [1.54, 1.807) is 32.0 Å². The van der Waals surface area contributed by atoms with E-state index >= 15 is 0 Å². The summed E-state index contributed by atoms with van der Waals surface area (Å²) in [6.07, 6.45) is 0. The number of nitrogens with one attached hydrogen (secondary N) is 1. The van der Waals surface area contributed by atoms with Crippen molar-refractivity contribution in [2.75, 3.05) is 6.54 Å². The standard InChI is InChI=1S/C15H14BrNO5/c1-15(2)9-5-7(16)3-4-8(9)12(20)11(13(15)21)14(22)17-6-10(18)19/h3-5,11H,6H2,1-2H3,(H,17,22)(H,18,19). The lowest BCUT2D eigenvalue weighted by Crippen LogP contribution is -2.51. The lowest BCUT2D eigenvalue weighted by atomic mass is 9.66. The Morgan fingerprint density at radius 2 is 1.95 bits per heavy atom. The molecule has 0 radical (unpaired) electrons. The molecule has 0 saturated heterocycles. The van der Waals surface area contributed by atoms with Crippen LogP contribution in [0.25, 0.3) is 0 Å². The van der Waals surface area contributed by atoms with Crippen molar-refractivity contribution in [1.29, 1.82) is 0 Å². The number of hydrogen-bond donors (Lipinski definition) is 2. The van der Waals surface area contributed by atoms with Crippen molar-refractivity contribution in [3.8, 4) is 0 Å². The van der Waals surface area contributed by atoms with E-state index in [1.165, 1.54) is 0 Å². The third kappa shape index (κ3) is 2.68. The summed E-state index contributed by atoms with van der Waals surface area (Å²) in [7, 11) is 0. The lowest BCUT2D eigenvalue weighted by Gasteiger charge is -2.34. The number of carbonyl (C=O) groups excluding carboxylic acids is 3. The van der Waals surface area contributed by atoms with Crippen LogP contribution in [0.2, 0.25) is 0 Å². The molecular weight excluding hydrogens is 354 g/mol. The fourth-order valence-corrected chi connectivity index (χ4v) is 2.88. The Hall–Kier alpha value is -2.02. The van der Waals surface area contributed by atoms with E-state index in [2.05, 4.69) is 21.2 Å². The molecule has 1 amide bonds. The van der Waals surface area contributed by atoms with E-state index in [-0.39, 0.29) is 0 Å². The monoisotopic (exact) mass is 367 g/mol. The van der Waals surface area contributed by atoms with Crippen LogP contribution in [0.5, 0.6) is 0 Å². The van der Waals surface area contributed by atoms with Gasteiger partial charge in [-0.1, -0.05) is 15.9 Å². The van der Waals surface area contributed by atoms with E-state index in [0.717, 1.165) is 4.47 Å². The number of carboxylic acids is 1. The average molecular weight is 368 g/mol. The van der Waals surface area contributed by atoms with Crippen molar-refractivity contribution in [3.63, 3.8) is 0 Å². The first kappa shape index (κ1) is 16.4. The molecule has 1 unspecified atom stereocenters. The van der Waals surface area contributed by atoms with Crippen LogP contribution in [-0.2, 0) is 19.8 Å². The molecule has 1 atom stereocenters. The van der Waals surface area contributed by atoms with E-state index in [4.69, 9.17) is 5.11 Å². The number of fused-ring (bicyclic) bond motifs is 1. The molecule has 0 spiro atoms. The average Bonchev–Trinajstić information content (AvgIpc) is 2.43. The molecule has 0 aromatic heterocycles. The smallest absolute Gasteiger partial charge is 0.322 e. The van der Waals surface area contributed by atoms with E-state index in [0.29, 0.717) is 11.1 Å². The SMILES string of the molecule is CC1(C)C(=O)C(C(=O)NCC(=O)O)C(=O)c2ccc(Br)cc21. The molecule has 22 heavy (non-hydrogen) atoms. The number of carboxylic acid groups (broad SMARTS) is 1. The molecule has 2 N–H and O–H groups in total. The second-order valence-corrected chi connectivity index (χ2v) is 6.50. The third-order valence-corrected chi connectivity index (χ3v) is 4.23. The number of halogens is 1. The summed E-state index contributed by atoms with van der Waals surface area (Å²) < 4.78 is 0.730. The van der Waals surface area contributed by atoms with Crippen molar-refractivity contribution in [1.82, 2.24) is 5.32 Å². The van der Waals surface area contributed by atoms with E-state index in [9.17, 15) is 19.2 Å². The summed E-state index contributed by atoms with van der Waals surface area (Å²) in [6, 6.07) is 4.92. The van der Waals surface area contributed by atoms with Gasteiger partial charge >= 0.3 is 5.97 Å². The molecule has 1 aliphatic carbocycles.